The molecular formula is C13H26ClNO. The molecule has 1 heterocycles. The number of unbranched alkanes of at least 4 members (excludes halogenated alkanes) is 2. The number of allylic oxidation sites excluding steroid dienone is 1. The highest BCUT2D eigenvalue weighted by Crippen LogP contribution is 1.95. The Morgan fingerprint density at radius 3 is 2.38 bits per heavy atom. The highest BCUT2D eigenvalue weighted by Gasteiger charge is 2.06. The van der Waals surface area contributed by atoms with E-state index < -0.39 is 0 Å². The molecular weight excluding hydrogens is 222 g/mol. The summed E-state index contributed by atoms with van der Waals surface area (Å²) >= 11 is 5.38. The fourth-order valence-electron chi connectivity index (χ4n) is 1.38. The molecule has 16 heavy (non-hydrogen) atoms. The summed E-state index contributed by atoms with van der Waals surface area (Å²) in [4.78, 5) is 2.39. The van der Waals surface area contributed by atoms with Gasteiger partial charge in [-0.3, -0.25) is 4.90 Å². The highest BCUT2D eigenvalue weighted by atomic mass is 35.5. The van der Waals surface area contributed by atoms with Crippen molar-refractivity contribution in [3.05, 3.63) is 12.2 Å². The number of rotatable bonds is 5. The first-order valence-electron chi connectivity index (χ1n) is 6.32. The van der Waals surface area contributed by atoms with E-state index in [-0.39, 0.29) is 0 Å². The summed E-state index contributed by atoms with van der Waals surface area (Å²) in [5, 5.41) is 0. The van der Waals surface area contributed by atoms with Gasteiger partial charge in [0.2, 0.25) is 0 Å². The summed E-state index contributed by atoms with van der Waals surface area (Å²) in [5.74, 6) is 0.827. The van der Waals surface area contributed by atoms with Crippen molar-refractivity contribution in [3.63, 3.8) is 0 Å². The molecule has 1 saturated heterocycles. The minimum Gasteiger partial charge on any atom is -0.379 e. The largest absolute Gasteiger partial charge is 0.379 e. The van der Waals surface area contributed by atoms with E-state index in [1.807, 2.05) is 0 Å². The molecule has 0 N–H and O–H groups in total. The smallest absolute Gasteiger partial charge is 0.0594 e. The second kappa shape index (κ2) is 13.0. The maximum atomic E-state index is 5.38. The van der Waals surface area contributed by atoms with Crippen LogP contribution in [-0.2, 0) is 4.74 Å². The standard InChI is InChI=1S/C8H15NO.C5H11Cl/c1-2-3-4-9-5-7-10-8-6-9;1-2-3-4-5-6/h2-3H,4-8H2,1H3;2-5H2,1H3/b3-2+;. The van der Waals surface area contributed by atoms with Gasteiger partial charge in [-0.1, -0.05) is 31.9 Å². The van der Waals surface area contributed by atoms with Crippen molar-refractivity contribution < 1.29 is 4.74 Å². The van der Waals surface area contributed by atoms with Gasteiger partial charge in [-0.05, 0) is 13.3 Å². The number of nitrogens with zero attached hydrogens (tertiary/aromatic N) is 1. The fraction of sp³-hybridized carbons (Fsp3) is 0.846. The van der Waals surface area contributed by atoms with E-state index in [1.165, 1.54) is 19.3 Å². The third kappa shape index (κ3) is 10.5. The predicted octanol–water partition coefficient (Wildman–Crippen LogP) is 3.31. The van der Waals surface area contributed by atoms with Crippen LogP contribution in [0.4, 0.5) is 0 Å². The number of halogens is 1. The van der Waals surface area contributed by atoms with Gasteiger partial charge in [0.05, 0.1) is 13.2 Å². The normalized spacial score (nSPS) is 17.2. The molecule has 96 valence electrons. The minimum atomic E-state index is 0.827. The second-order valence-electron chi connectivity index (χ2n) is 3.88. The molecule has 0 spiro atoms. The van der Waals surface area contributed by atoms with E-state index in [1.54, 1.807) is 0 Å². The Hall–Kier alpha value is -0.0500. The maximum absolute atomic E-state index is 5.38. The van der Waals surface area contributed by atoms with Crippen LogP contribution in [0.2, 0.25) is 0 Å². The van der Waals surface area contributed by atoms with Gasteiger partial charge in [-0.25, -0.2) is 0 Å². The molecule has 0 aromatic carbocycles. The van der Waals surface area contributed by atoms with Crippen LogP contribution in [0, 0.1) is 0 Å². The van der Waals surface area contributed by atoms with Crippen molar-refractivity contribution in [1.82, 2.24) is 4.90 Å². The highest BCUT2D eigenvalue weighted by molar-refractivity contribution is 6.17. The van der Waals surface area contributed by atoms with Gasteiger partial charge in [0.1, 0.15) is 0 Å². The summed E-state index contributed by atoms with van der Waals surface area (Å²) in [5.41, 5.74) is 0. The quantitative estimate of drug-likeness (QED) is 0.420. The SMILES string of the molecule is C/C=C/CN1CCOCC1.CCCCCCl. The van der Waals surface area contributed by atoms with Gasteiger partial charge in [0.15, 0.2) is 0 Å². The molecule has 3 heteroatoms. The molecule has 1 rings (SSSR count). The van der Waals surface area contributed by atoms with Crippen LogP contribution in [0.15, 0.2) is 12.2 Å². The van der Waals surface area contributed by atoms with Crippen LogP contribution < -0.4 is 0 Å². The molecule has 0 unspecified atom stereocenters. The Labute approximate surface area is 106 Å². The van der Waals surface area contributed by atoms with Gasteiger partial charge in [0, 0.05) is 25.5 Å². The van der Waals surface area contributed by atoms with E-state index in [2.05, 4.69) is 30.9 Å². The monoisotopic (exact) mass is 247 g/mol. The number of hydrogen-bond donors (Lipinski definition) is 0. The zero-order chi connectivity index (χ0) is 12.1. The number of ether oxygens (including phenoxy) is 1. The third-order valence-corrected chi connectivity index (χ3v) is 2.71. The van der Waals surface area contributed by atoms with E-state index in [0.717, 1.165) is 38.7 Å². The summed E-state index contributed by atoms with van der Waals surface area (Å²) < 4.78 is 5.21. The Balaban J connectivity index is 0.000000325. The molecule has 0 bridgehead atoms. The van der Waals surface area contributed by atoms with Crippen molar-refractivity contribution in [2.75, 3.05) is 38.7 Å². The first-order chi connectivity index (χ1) is 7.85. The van der Waals surface area contributed by atoms with Gasteiger partial charge >= 0.3 is 0 Å². The van der Waals surface area contributed by atoms with E-state index in [0.29, 0.717) is 0 Å². The van der Waals surface area contributed by atoms with Gasteiger partial charge in [-0.2, -0.15) is 0 Å². The van der Waals surface area contributed by atoms with Crippen LogP contribution in [0.1, 0.15) is 33.1 Å². The topological polar surface area (TPSA) is 12.5 Å². The Kier molecular flexibility index (Phi) is 13.0. The van der Waals surface area contributed by atoms with E-state index in [9.17, 15) is 0 Å². The molecule has 0 aromatic heterocycles. The lowest BCUT2D eigenvalue weighted by Crippen LogP contribution is -2.36. The molecule has 0 amide bonds. The molecule has 0 radical (unpaired) electrons. The van der Waals surface area contributed by atoms with Crippen molar-refractivity contribution in [1.29, 1.82) is 0 Å². The van der Waals surface area contributed by atoms with Crippen molar-refractivity contribution >= 4 is 11.6 Å². The third-order valence-electron chi connectivity index (χ3n) is 2.44. The molecule has 0 atom stereocenters. The van der Waals surface area contributed by atoms with Crippen molar-refractivity contribution in [3.8, 4) is 0 Å². The van der Waals surface area contributed by atoms with Crippen LogP contribution in [-0.4, -0.2) is 43.6 Å². The van der Waals surface area contributed by atoms with Crippen LogP contribution in [0.3, 0.4) is 0 Å². The van der Waals surface area contributed by atoms with E-state index in [4.69, 9.17) is 16.3 Å². The van der Waals surface area contributed by atoms with Gasteiger partial charge in [0.25, 0.3) is 0 Å². The van der Waals surface area contributed by atoms with Gasteiger partial charge < -0.3 is 4.74 Å². The first kappa shape index (κ1) is 16.0. The lowest BCUT2D eigenvalue weighted by Gasteiger charge is -2.24. The van der Waals surface area contributed by atoms with Crippen molar-refractivity contribution in [2.24, 2.45) is 0 Å². The Morgan fingerprint density at radius 2 is 1.94 bits per heavy atom. The van der Waals surface area contributed by atoms with Crippen LogP contribution >= 0.6 is 11.6 Å². The summed E-state index contributed by atoms with van der Waals surface area (Å²) in [6, 6.07) is 0. The summed E-state index contributed by atoms with van der Waals surface area (Å²) in [6.07, 6.45) is 8.01. The second-order valence-corrected chi connectivity index (χ2v) is 4.26. The minimum absolute atomic E-state index is 0.827. The molecule has 0 aliphatic carbocycles. The van der Waals surface area contributed by atoms with Crippen LogP contribution in [0.5, 0.6) is 0 Å². The lowest BCUT2D eigenvalue weighted by molar-refractivity contribution is 0.0434. The van der Waals surface area contributed by atoms with Crippen molar-refractivity contribution in [2.45, 2.75) is 33.1 Å². The fourth-order valence-corrected chi connectivity index (χ4v) is 1.57. The average Bonchev–Trinajstić information content (AvgIpc) is 2.36. The molecule has 1 aliphatic rings. The number of alkyl halides is 1. The number of morpholine rings is 1. The first-order valence-corrected chi connectivity index (χ1v) is 6.85. The molecule has 1 aliphatic heterocycles. The Morgan fingerprint density at radius 1 is 1.25 bits per heavy atom. The zero-order valence-corrected chi connectivity index (χ0v) is 11.5. The molecule has 0 saturated carbocycles. The zero-order valence-electron chi connectivity index (χ0n) is 10.8. The lowest BCUT2D eigenvalue weighted by atomic mass is 10.3. The van der Waals surface area contributed by atoms with Crippen LogP contribution in [0.25, 0.3) is 0 Å². The van der Waals surface area contributed by atoms with E-state index >= 15 is 0 Å². The number of hydrogen-bond acceptors (Lipinski definition) is 2. The maximum Gasteiger partial charge on any atom is 0.0594 e. The molecule has 0 aromatic rings. The molecule has 1 fully saturated rings. The summed E-state index contributed by atoms with van der Waals surface area (Å²) in [7, 11) is 0. The molecule has 2 nitrogen and oxygen atoms in total. The Bertz CT molecular complexity index is 152. The average molecular weight is 248 g/mol. The van der Waals surface area contributed by atoms with Gasteiger partial charge in [-0.15, -0.1) is 11.6 Å². The summed E-state index contributed by atoms with van der Waals surface area (Å²) in [6.45, 7) is 9.29. The predicted molar refractivity (Wildman–Crippen MR) is 72.3 cm³/mol.